The molecule has 0 spiro atoms. The quantitative estimate of drug-likeness (QED) is 0.485. The van der Waals surface area contributed by atoms with Crippen LogP contribution in [-0.2, 0) is 0 Å². The first-order chi connectivity index (χ1) is 11.1. The Morgan fingerprint density at radius 3 is 2.74 bits per heavy atom. The van der Waals surface area contributed by atoms with Crippen LogP contribution in [0.3, 0.4) is 0 Å². The molecule has 0 heteroatoms. The maximum Gasteiger partial charge on any atom is -0.0169 e. The van der Waals surface area contributed by atoms with Gasteiger partial charge in [0.15, 0.2) is 0 Å². The Labute approximate surface area is 144 Å². The Balaban J connectivity index is 1.54. The molecule has 0 aromatic heterocycles. The van der Waals surface area contributed by atoms with Crippen LogP contribution < -0.4 is 0 Å². The van der Waals surface area contributed by atoms with E-state index in [9.17, 15) is 0 Å². The molecule has 23 heavy (non-hydrogen) atoms. The lowest BCUT2D eigenvalue weighted by Crippen LogP contribution is -2.43. The summed E-state index contributed by atoms with van der Waals surface area (Å²) in [4.78, 5) is 0. The van der Waals surface area contributed by atoms with Gasteiger partial charge < -0.3 is 0 Å². The van der Waals surface area contributed by atoms with Crippen molar-refractivity contribution < 1.29 is 0 Å². The van der Waals surface area contributed by atoms with Gasteiger partial charge in [-0.05, 0) is 99.2 Å². The van der Waals surface area contributed by atoms with Crippen LogP contribution in [0.5, 0.6) is 0 Å². The molecule has 0 N–H and O–H groups in total. The van der Waals surface area contributed by atoms with Gasteiger partial charge in [-0.3, -0.25) is 0 Å². The summed E-state index contributed by atoms with van der Waals surface area (Å²) in [7, 11) is 0. The molecule has 0 aliphatic heterocycles. The third-order valence-electron chi connectivity index (χ3n) is 8.72. The van der Waals surface area contributed by atoms with Crippen molar-refractivity contribution in [1.82, 2.24) is 0 Å². The summed E-state index contributed by atoms with van der Waals surface area (Å²) < 4.78 is 0. The molecule has 0 heterocycles. The molecule has 0 bridgehead atoms. The van der Waals surface area contributed by atoms with Crippen LogP contribution in [0.4, 0.5) is 0 Å². The Hall–Kier alpha value is -0.260. The fourth-order valence-corrected chi connectivity index (χ4v) is 7.44. The molecular weight excluding hydrogens is 276 g/mol. The fraction of sp³-hybridized carbons (Fsp3) is 0.913. The van der Waals surface area contributed by atoms with Crippen LogP contribution in [-0.4, -0.2) is 0 Å². The summed E-state index contributed by atoms with van der Waals surface area (Å²) in [5, 5.41) is 0. The van der Waals surface area contributed by atoms with E-state index >= 15 is 0 Å². The van der Waals surface area contributed by atoms with Crippen molar-refractivity contribution in [1.29, 1.82) is 0 Å². The van der Waals surface area contributed by atoms with Gasteiger partial charge >= 0.3 is 0 Å². The van der Waals surface area contributed by atoms with Gasteiger partial charge in [-0.15, -0.1) is 0 Å². The third kappa shape index (κ3) is 2.63. The van der Waals surface area contributed by atoms with Crippen molar-refractivity contribution in [3.63, 3.8) is 0 Å². The van der Waals surface area contributed by atoms with Gasteiger partial charge in [0.2, 0.25) is 0 Å². The first kappa shape index (κ1) is 16.2. The monoisotopic (exact) mass is 314 g/mol. The fourth-order valence-electron chi connectivity index (χ4n) is 7.44. The molecule has 5 unspecified atom stereocenters. The predicted molar refractivity (Wildman–Crippen MR) is 99.3 cm³/mol. The summed E-state index contributed by atoms with van der Waals surface area (Å²) in [5.74, 6) is 5.15. The molecule has 4 aliphatic carbocycles. The van der Waals surface area contributed by atoms with Gasteiger partial charge in [0.05, 0.1) is 0 Å². The van der Waals surface area contributed by atoms with E-state index in [2.05, 4.69) is 20.8 Å². The molecule has 0 aromatic rings. The Morgan fingerprint density at radius 1 is 1.04 bits per heavy atom. The highest BCUT2D eigenvalue weighted by Crippen LogP contribution is 2.64. The molecule has 0 saturated heterocycles. The minimum atomic E-state index is 0.705. The lowest BCUT2D eigenvalue weighted by Gasteiger charge is -2.52. The summed E-state index contributed by atoms with van der Waals surface area (Å²) in [6, 6.07) is 0. The van der Waals surface area contributed by atoms with E-state index in [-0.39, 0.29) is 0 Å². The number of unbranched alkanes of at least 4 members (excludes halogenated alkanes) is 1. The van der Waals surface area contributed by atoms with Crippen LogP contribution in [0, 0.1) is 35.0 Å². The van der Waals surface area contributed by atoms with E-state index in [0.29, 0.717) is 5.41 Å². The predicted octanol–water partition coefficient (Wildman–Crippen LogP) is 7.15. The zero-order valence-corrected chi connectivity index (χ0v) is 15.9. The number of fused-ring (bicyclic) bond motifs is 4. The average Bonchev–Trinajstić information content (AvgIpc) is 2.89. The highest BCUT2D eigenvalue weighted by molar-refractivity contribution is 5.26. The molecule has 130 valence electrons. The molecule has 0 aromatic carbocycles. The zero-order valence-electron chi connectivity index (χ0n) is 15.9. The molecule has 6 atom stereocenters. The topological polar surface area (TPSA) is 0 Å². The van der Waals surface area contributed by atoms with E-state index in [1.165, 1.54) is 57.8 Å². The number of allylic oxidation sites excluding steroid dienone is 2. The minimum Gasteiger partial charge on any atom is -0.0704 e. The first-order valence-corrected chi connectivity index (χ1v) is 10.8. The molecule has 4 rings (SSSR count). The number of hydrogen-bond donors (Lipinski definition) is 0. The molecule has 0 nitrogen and oxygen atoms in total. The van der Waals surface area contributed by atoms with Gasteiger partial charge in [-0.2, -0.15) is 0 Å². The normalized spacial score (nSPS) is 46.3. The Morgan fingerprint density at radius 2 is 1.91 bits per heavy atom. The van der Waals surface area contributed by atoms with Gasteiger partial charge in [0, 0.05) is 0 Å². The van der Waals surface area contributed by atoms with E-state index in [1.807, 2.05) is 11.1 Å². The van der Waals surface area contributed by atoms with Crippen molar-refractivity contribution in [2.45, 2.75) is 97.8 Å². The summed E-state index contributed by atoms with van der Waals surface area (Å²) in [6.45, 7) is 7.54. The third-order valence-corrected chi connectivity index (χ3v) is 8.72. The highest BCUT2D eigenvalue weighted by atomic mass is 14.6. The second-order valence-electron chi connectivity index (χ2n) is 9.85. The Kier molecular flexibility index (Phi) is 4.39. The molecule has 2 fully saturated rings. The van der Waals surface area contributed by atoms with Crippen LogP contribution in [0.15, 0.2) is 11.1 Å². The first-order valence-electron chi connectivity index (χ1n) is 10.8. The smallest absolute Gasteiger partial charge is 0.0169 e. The summed E-state index contributed by atoms with van der Waals surface area (Å²) in [6.07, 6.45) is 17.9. The number of hydrogen-bond acceptors (Lipinski definition) is 0. The van der Waals surface area contributed by atoms with E-state index in [4.69, 9.17) is 0 Å². The second-order valence-corrected chi connectivity index (χ2v) is 9.85. The van der Waals surface area contributed by atoms with E-state index < -0.39 is 0 Å². The van der Waals surface area contributed by atoms with Crippen molar-refractivity contribution >= 4 is 0 Å². The molecule has 4 aliphatic rings. The summed E-state index contributed by atoms with van der Waals surface area (Å²) >= 11 is 0. The minimum absolute atomic E-state index is 0.705. The largest absolute Gasteiger partial charge is 0.0704 e. The van der Waals surface area contributed by atoms with Crippen LogP contribution >= 0.6 is 0 Å². The van der Waals surface area contributed by atoms with Gasteiger partial charge in [0.1, 0.15) is 0 Å². The van der Waals surface area contributed by atoms with Gasteiger partial charge in [-0.1, -0.05) is 44.8 Å². The lowest BCUT2D eigenvalue weighted by atomic mass is 9.52. The zero-order chi connectivity index (χ0) is 16.0. The SMILES string of the molecule is CCCCC1CCC2C3CCC4=C(CCC(C)C4)C3CC[C@]12C. The van der Waals surface area contributed by atoms with Crippen molar-refractivity contribution in [3.05, 3.63) is 11.1 Å². The number of rotatable bonds is 3. The standard InChI is InChI=1S/C23H38/c1-4-5-6-18-9-12-22-21-11-8-17-15-16(2)7-10-19(17)20(21)13-14-23(18,22)3/h16,18,20-22H,4-15H2,1-3H3/t16?,18?,20?,21?,22?,23-/m1/s1. The van der Waals surface area contributed by atoms with Crippen molar-refractivity contribution in [3.8, 4) is 0 Å². The van der Waals surface area contributed by atoms with Crippen LogP contribution in [0.1, 0.15) is 97.8 Å². The highest BCUT2D eigenvalue weighted by Gasteiger charge is 2.54. The maximum atomic E-state index is 2.70. The second kappa shape index (κ2) is 6.23. The lowest BCUT2D eigenvalue weighted by molar-refractivity contribution is 0.00989. The van der Waals surface area contributed by atoms with Gasteiger partial charge in [0.25, 0.3) is 0 Å². The van der Waals surface area contributed by atoms with E-state index in [1.54, 1.807) is 19.3 Å². The van der Waals surface area contributed by atoms with Crippen molar-refractivity contribution in [2.24, 2.45) is 35.0 Å². The molecular formula is C23H38. The van der Waals surface area contributed by atoms with Crippen molar-refractivity contribution in [2.75, 3.05) is 0 Å². The van der Waals surface area contributed by atoms with E-state index in [0.717, 1.165) is 29.6 Å². The maximum absolute atomic E-state index is 2.70. The molecule has 0 amide bonds. The molecule has 2 saturated carbocycles. The van der Waals surface area contributed by atoms with Crippen LogP contribution in [0.25, 0.3) is 0 Å². The van der Waals surface area contributed by atoms with Gasteiger partial charge in [-0.25, -0.2) is 0 Å². The average molecular weight is 315 g/mol. The molecule has 0 radical (unpaired) electrons. The Bertz CT molecular complexity index is 472. The summed E-state index contributed by atoms with van der Waals surface area (Å²) in [5.41, 5.74) is 4.61. The van der Waals surface area contributed by atoms with Crippen LogP contribution in [0.2, 0.25) is 0 Å².